The van der Waals surface area contributed by atoms with Crippen LogP contribution in [0.1, 0.15) is 30.6 Å². The normalized spacial score (nSPS) is 12.1. The second kappa shape index (κ2) is 6.80. The number of methoxy groups -OCH3 is 1. The van der Waals surface area contributed by atoms with E-state index in [9.17, 15) is 0 Å². The van der Waals surface area contributed by atoms with E-state index in [2.05, 4.69) is 27.2 Å². The van der Waals surface area contributed by atoms with Gasteiger partial charge in [0.05, 0.1) is 25.0 Å². The van der Waals surface area contributed by atoms with E-state index in [0.29, 0.717) is 0 Å². The molecule has 1 N–H and O–H groups in total. The van der Waals surface area contributed by atoms with Gasteiger partial charge in [-0.15, -0.1) is 0 Å². The molecule has 2 aromatic rings. The van der Waals surface area contributed by atoms with Crippen molar-refractivity contribution < 1.29 is 4.74 Å². The molecule has 2 aromatic heterocycles. The molecule has 0 saturated heterocycles. The van der Waals surface area contributed by atoms with Crippen LogP contribution in [0.4, 0.5) is 0 Å². The summed E-state index contributed by atoms with van der Waals surface area (Å²) in [5.41, 5.74) is 1.96. The first-order valence-electron chi connectivity index (χ1n) is 6.33. The number of aromatic nitrogens is 3. The minimum atomic E-state index is 0.00514. The van der Waals surface area contributed by atoms with Gasteiger partial charge in [-0.1, -0.05) is 6.92 Å². The van der Waals surface area contributed by atoms with Gasteiger partial charge in [0, 0.05) is 12.4 Å². The van der Waals surface area contributed by atoms with Crippen LogP contribution in [0.3, 0.4) is 0 Å². The number of nitrogens with one attached hydrogen (secondary N) is 1. The third kappa shape index (κ3) is 3.48. The molecular weight excluding hydrogens is 240 g/mol. The summed E-state index contributed by atoms with van der Waals surface area (Å²) in [5.74, 6) is 0.745. The molecule has 0 spiro atoms. The summed E-state index contributed by atoms with van der Waals surface area (Å²) in [6, 6.07) is 3.89. The Morgan fingerprint density at radius 1 is 1.32 bits per heavy atom. The first kappa shape index (κ1) is 13.4. The van der Waals surface area contributed by atoms with E-state index in [0.717, 1.165) is 30.0 Å². The van der Waals surface area contributed by atoms with Crippen molar-refractivity contribution in [3.8, 4) is 5.75 Å². The number of nitrogens with zero attached hydrogens (tertiary/aromatic N) is 3. The molecular formula is C14H18N4O. The van der Waals surface area contributed by atoms with Crippen LogP contribution >= 0.6 is 0 Å². The predicted octanol–water partition coefficient (Wildman–Crippen LogP) is 1.97. The van der Waals surface area contributed by atoms with Crippen molar-refractivity contribution in [2.24, 2.45) is 0 Å². The van der Waals surface area contributed by atoms with Crippen molar-refractivity contribution in [2.45, 2.75) is 19.4 Å². The smallest absolute Gasteiger partial charge is 0.137 e. The molecule has 0 amide bonds. The van der Waals surface area contributed by atoms with Crippen LogP contribution in [0.25, 0.3) is 0 Å². The molecule has 1 atom stereocenters. The summed E-state index contributed by atoms with van der Waals surface area (Å²) in [7, 11) is 1.64. The molecule has 0 radical (unpaired) electrons. The molecule has 0 aliphatic rings. The van der Waals surface area contributed by atoms with Gasteiger partial charge in [0.1, 0.15) is 12.1 Å². The van der Waals surface area contributed by atoms with Gasteiger partial charge in [-0.3, -0.25) is 4.98 Å². The Balaban J connectivity index is 2.31. The number of hydrogen-bond acceptors (Lipinski definition) is 5. The highest BCUT2D eigenvalue weighted by Crippen LogP contribution is 2.22. The molecule has 2 rings (SSSR count). The van der Waals surface area contributed by atoms with Crippen molar-refractivity contribution in [1.29, 1.82) is 0 Å². The lowest BCUT2D eigenvalue weighted by Crippen LogP contribution is -2.24. The number of rotatable bonds is 6. The standard InChI is InChI=1S/C14H18N4O/c1-3-5-17-14(13-4-6-15-10-18-13)11-7-12(19-2)9-16-8-11/h4,6-10,14,17H,3,5H2,1-2H3. The SMILES string of the molecule is CCCNC(c1cncc(OC)c1)c1ccncn1. The number of ether oxygens (including phenoxy) is 1. The Labute approximate surface area is 113 Å². The summed E-state index contributed by atoms with van der Waals surface area (Å²) < 4.78 is 5.22. The Morgan fingerprint density at radius 2 is 2.21 bits per heavy atom. The lowest BCUT2D eigenvalue weighted by atomic mass is 10.1. The second-order valence-electron chi connectivity index (χ2n) is 4.18. The van der Waals surface area contributed by atoms with Crippen LogP contribution in [0.2, 0.25) is 0 Å². The van der Waals surface area contributed by atoms with Crippen molar-refractivity contribution in [2.75, 3.05) is 13.7 Å². The summed E-state index contributed by atoms with van der Waals surface area (Å²) >= 11 is 0. The molecule has 0 saturated carbocycles. The molecule has 0 aliphatic carbocycles. The van der Waals surface area contributed by atoms with Crippen molar-refractivity contribution in [1.82, 2.24) is 20.3 Å². The van der Waals surface area contributed by atoms with Crippen molar-refractivity contribution in [3.63, 3.8) is 0 Å². The molecule has 5 nitrogen and oxygen atoms in total. The average molecular weight is 258 g/mol. The quantitative estimate of drug-likeness (QED) is 0.858. The van der Waals surface area contributed by atoms with E-state index in [-0.39, 0.29) is 6.04 Å². The average Bonchev–Trinajstić information content (AvgIpc) is 2.49. The third-order valence-electron chi connectivity index (χ3n) is 2.80. The zero-order chi connectivity index (χ0) is 13.5. The van der Waals surface area contributed by atoms with Gasteiger partial charge in [0.2, 0.25) is 0 Å². The zero-order valence-electron chi connectivity index (χ0n) is 11.2. The van der Waals surface area contributed by atoms with E-state index in [1.54, 1.807) is 25.8 Å². The van der Waals surface area contributed by atoms with Gasteiger partial charge < -0.3 is 10.1 Å². The molecule has 100 valence electrons. The minimum Gasteiger partial charge on any atom is -0.495 e. The van der Waals surface area contributed by atoms with Crippen LogP contribution in [-0.4, -0.2) is 28.6 Å². The maximum Gasteiger partial charge on any atom is 0.137 e. The Hall–Kier alpha value is -2.01. The fourth-order valence-electron chi connectivity index (χ4n) is 1.86. The highest BCUT2D eigenvalue weighted by atomic mass is 16.5. The summed E-state index contributed by atoms with van der Waals surface area (Å²) in [5, 5.41) is 3.47. The summed E-state index contributed by atoms with van der Waals surface area (Å²) in [6.45, 7) is 3.04. The topological polar surface area (TPSA) is 59.9 Å². The predicted molar refractivity (Wildman–Crippen MR) is 73.0 cm³/mol. The first-order valence-corrected chi connectivity index (χ1v) is 6.33. The fourth-order valence-corrected chi connectivity index (χ4v) is 1.86. The molecule has 19 heavy (non-hydrogen) atoms. The molecule has 0 fully saturated rings. The van der Waals surface area contributed by atoms with E-state index in [4.69, 9.17) is 4.74 Å². The van der Waals surface area contributed by atoms with Gasteiger partial charge in [0.15, 0.2) is 0 Å². The van der Waals surface area contributed by atoms with Crippen molar-refractivity contribution >= 4 is 0 Å². The van der Waals surface area contributed by atoms with E-state index >= 15 is 0 Å². The van der Waals surface area contributed by atoms with Gasteiger partial charge in [-0.05, 0) is 30.7 Å². The van der Waals surface area contributed by atoms with Crippen molar-refractivity contribution in [3.05, 3.63) is 48.3 Å². The second-order valence-corrected chi connectivity index (χ2v) is 4.18. The molecule has 1 unspecified atom stereocenters. The highest BCUT2D eigenvalue weighted by molar-refractivity contribution is 5.30. The highest BCUT2D eigenvalue weighted by Gasteiger charge is 2.15. The van der Waals surface area contributed by atoms with Crippen LogP contribution in [0.5, 0.6) is 5.75 Å². The lowest BCUT2D eigenvalue weighted by molar-refractivity contribution is 0.411. The first-order chi connectivity index (χ1) is 9.35. The molecule has 0 aliphatic heterocycles. The molecule has 0 aromatic carbocycles. The zero-order valence-corrected chi connectivity index (χ0v) is 11.2. The van der Waals surface area contributed by atoms with Gasteiger partial charge in [-0.25, -0.2) is 9.97 Å². The van der Waals surface area contributed by atoms with E-state index in [1.165, 1.54) is 0 Å². The molecule has 0 bridgehead atoms. The van der Waals surface area contributed by atoms with Crippen LogP contribution in [0, 0.1) is 0 Å². The van der Waals surface area contributed by atoms with E-state index < -0.39 is 0 Å². The fraction of sp³-hybridized carbons (Fsp3) is 0.357. The van der Waals surface area contributed by atoms with Gasteiger partial charge in [0.25, 0.3) is 0 Å². The van der Waals surface area contributed by atoms with Gasteiger partial charge >= 0.3 is 0 Å². The largest absolute Gasteiger partial charge is 0.495 e. The lowest BCUT2D eigenvalue weighted by Gasteiger charge is -2.18. The van der Waals surface area contributed by atoms with Crippen LogP contribution < -0.4 is 10.1 Å². The van der Waals surface area contributed by atoms with E-state index in [1.807, 2.05) is 18.3 Å². The summed E-state index contributed by atoms with van der Waals surface area (Å²) in [6.07, 6.45) is 7.89. The third-order valence-corrected chi connectivity index (χ3v) is 2.80. The Bertz CT molecular complexity index is 504. The Morgan fingerprint density at radius 3 is 2.89 bits per heavy atom. The number of pyridine rings is 1. The summed E-state index contributed by atoms with van der Waals surface area (Å²) in [4.78, 5) is 12.5. The monoisotopic (exact) mass is 258 g/mol. The maximum absolute atomic E-state index is 5.22. The van der Waals surface area contributed by atoms with Crippen LogP contribution in [-0.2, 0) is 0 Å². The minimum absolute atomic E-state index is 0.00514. The molecule has 2 heterocycles. The van der Waals surface area contributed by atoms with Gasteiger partial charge in [-0.2, -0.15) is 0 Å². The number of hydrogen-bond donors (Lipinski definition) is 1. The maximum atomic E-state index is 5.22. The molecule has 5 heteroatoms. The van der Waals surface area contributed by atoms with Crippen LogP contribution in [0.15, 0.2) is 37.1 Å². The Kier molecular flexibility index (Phi) is 4.80.